The molecule has 6 nitrogen and oxygen atoms in total. The molecule has 1 amide bonds. The molecule has 4 rings (SSSR count). The molecule has 1 aliphatic heterocycles. The SMILES string of the molecule is O=C(NC1CCCCC1)c1coc(CN2CCN(Cc3cccc(F)c3F)CC2)n1. The third kappa shape index (κ3) is 5.23. The van der Waals surface area contributed by atoms with Crippen LogP contribution in [0.5, 0.6) is 0 Å². The zero-order valence-electron chi connectivity index (χ0n) is 17.1. The Labute approximate surface area is 175 Å². The number of benzene rings is 1. The minimum absolute atomic E-state index is 0.168. The molecule has 162 valence electrons. The number of oxazole rings is 1. The number of hydrogen-bond donors (Lipinski definition) is 1. The van der Waals surface area contributed by atoms with Crippen molar-refractivity contribution in [3.05, 3.63) is 53.2 Å². The van der Waals surface area contributed by atoms with Crippen LogP contribution in [0.4, 0.5) is 8.78 Å². The van der Waals surface area contributed by atoms with Crippen molar-refractivity contribution in [3.63, 3.8) is 0 Å². The van der Waals surface area contributed by atoms with Gasteiger partial charge in [-0.25, -0.2) is 13.8 Å². The van der Waals surface area contributed by atoms with Crippen molar-refractivity contribution in [3.8, 4) is 0 Å². The van der Waals surface area contributed by atoms with E-state index in [1.165, 1.54) is 18.8 Å². The van der Waals surface area contributed by atoms with Crippen LogP contribution in [-0.2, 0) is 13.1 Å². The molecule has 2 aromatic rings. The van der Waals surface area contributed by atoms with Crippen LogP contribution in [0.1, 0.15) is 54.0 Å². The molecule has 0 bridgehead atoms. The molecule has 0 unspecified atom stereocenters. The first-order valence-corrected chi connectivity index (χ1v) is 10.7. The van der Waals surface area contributed by atoms with Gasteiger partial charge in [0, 0.05) is 44.3 Å². The Hall–Kier alpha value is -2.32. The molecule has 1 saturated carbocycles. The van der Waals surface area contributed by atoms with Gasteiger partial charge in [-0.05, 0) is 18.9 Å². The van der Waals surface area contributed by atoms with Gasteiger partial charge >= 0.3 is 0 Å². The second-order valence-electron chi connectivity index (χ2n) is 8.20. The highest BCUT2D eigenvalue weighted by molar-refractivity contribution is 5.92. The fourth-order valence-corrected chi connectivity index (χ4v) is 4.20. The van der Waals surface area contributed by atoms with E-state index in [0.29, 0.717) is 30.2 Å². The van der Waals surface area contributed by atoms with Crippen molar-refractivity contribution in [2.45, 2.75) is 51.2 Å². The van der Waals surface area contributed by atoms with Gasteiger partial charge < -0.3 is 9.73 Å². The average molecular weight is 418 g/mol. The predicted molar refractivity (Wildman–Crippen MR) is 108 cm³/mol. The summed E-state index contributed by atoms with van der Waals surface area (Å²) in [7, 11) is 0. The molecule has 0 radical (unpaired) electrons. The number of hydrogen-bond acceptors (Lipinski definition) is 5. The molecule has 1 aromatic heterocycles. The number of halogens is 2. The molecular formula is C22H28F2N4O2. The highest BCUT2D eigenvalue weighted by Gasteiger charge is 2.22. The van der Waals surface area contributed by atoms with Crippen LogP contribution < -0.4 is 5.32 Å². The largest absolute Gasteiger partial charge is 0.447 e. The lowest BCUT2D eigenvalue weighted by molar-refractivity contribution is 0.0922. The fourth-order valence-electron chi connectivity index (χ4n) is 4.20. The number of nitrogens with one attached hydrogen (secondary N) is 1. The summed E-state index contributed by atoms with van der Waals surface area (Å²) in [4.78, 5) is 21.0. The maximum absolute atomic E-state index is 13.9. The predicted octanol–water partition coefficient (Wildman–Crippen LogP) is 3.33. The summed E-state index contributed by atoms with van der Waals surface area (Å²) in [5.74, 6) is -1.22. The Balaban J connectivity index is 1.24. The number of rotatable bonds is 6. The molecule has 0 spiro atoms. The molecule has 1 N–H and O–H groups in total. The van der Waals surface area contributed by atoms with Gasteiger partial charge in [0.25, 0.3) is 5.91 Å². The Morgan fingerprint density at radius 3 is 2.50 bits per heavy atom. The Kier molecular flexibility index (Phi) is 6.74. The lowest BCUT2D eigenvalue weighted by Crippen LogP contribution is -2.45. The summed E-state index contributed by atoms with van der Waals surface area (Å²) in [6.45, 7) is 3.93. The minimum atomic E-state index is -0.807. The van der Waals surface area contributed by atoms with Gasteiger partial charge in [0.2, 0.25) is 5.89 Å². The van der Waals surface area contributed by atoms with E-state index >= 15 is 0 Å². The van der Waals surface area contributed by atoms with Crippen LogP contribution >= 0.6 is 0 Å². The summed E-state index contributed by atoms with van der Waals surface area (Å²) in [6, 6.07) is 4.53. The molecule has 8 heteroatoms. The summed E-state index contributed by atoms with van der Waals surface area (Å²) >= 11 is 0. The van der Waals surface area contributed by atoms with Crippen LogP contribution in [0.25, 0.3) is 0 Å². The van der Waals surface area contributed by atoms with Gasteiger partial charge in [0.1, 0.15) is 6.26 Å². The molecule has 1 aromatic carbocycles. The standard InChI is InChI=1S/C22H28F2N4O2/c23-18-8-4-5-16(21(18)24)13-27-9-11-28(12-10-27)14-20-26-19(15-30-20)22(29)25-17-6-2-1-3-7-17/h4-5,8,15,17H,1-3,6-7,9-14H2,(H,25,29). The topological polar surface area (TPSA) is 61.6 Å². The van der Waals surface area contributed by atoms with E-state index in [1.807, 2.05) is 0 Å². The molecule has 1 aliphatic carbocycles. The van der Waals surface area contributed by atoms with Gasteiger partial charge in [0.05, 0.1) is 6.54 Å². The number of carbonyl (C=O) groups is 1. The van der Waals surface area contributed by atoms with E-state index in [2.05, 4.69) is 20.1 Å². The molecule has 30 heavy (non-hydrogen) atoms. The highest BCUT2D eigenvalue weighted by Crippen LogP contribution is 2.18. The zero-order chi connectivity index (χ0) is 20.9. The first kappa shape index (κ1) is 20.9. The first-order valence-electron chi connectivity index (χ1n) is 10.7. The van der Waals surface area contributed by atoms with Crippen LogP contribution in [0.15, 0.2) is 28.9 Å². The summed E-state index contributed by atoms with van der Waals surface area (Å²) < 4.78 is 32.8. The minimum Gasteiger partial charge on any atom is -0.447 e. The number of amides is 1. The van der Waals surface area contributed by atoms with Crippen molar-refractivity contribution in [1.82, 2.24) is 20.1 Å². The van der Waals surface area contributed by atoms with Crippen LogP contribution in [0.2, 0.25) is 0 Å². The van der Waals surface area contributed by atoms with E-state index < -0.39 is 11.6 Å². The maximum atomic E-state index is 13.9. The molecule has 2 heterocycles. The number of aromatic nitrogens is 1. The highest BCUT2D eigenvalue weighted by atomic mass is 19.2. The number of piperazine rings is 1. The summed E-state index contributed by atoms with van der Waals surface area (Å²) in [6.07, 6.45) is 7.04. The van der Waals surface area contributed by atoms with Crippen LogP contribution in [0, 0.1) is 11.6 Å². The lowest BCUT2D eigenvalue weighted by atomic mass is 9.95. The van der Waals surface area contributed by atoms with E-state index in [4.69, 9.17) is 4.42 Å². The van der Waals surface area contributed by atoms with E-state index in [0.717, 1.165) is 57.9 Å². The van der Waals surface area contributed by atoms with Gasteiger partial charge in [0.15, 0.2) is 17.3 Å². The van der Waals surface area contributed by atoms with Crippen molar-refractivity contribution < 1.29 is 18.0 Å². The Morgan fingerprint density at radius 1 is 1.07 bits per heavy atom. The maximum Gasteiger partial charge on any atom is 0.273 e. The Bertz CT molecular complexity index is 859. The monoisotopic (exact) mass is 418 g/mol. The third-order valence-corrected chi connectivity index (χ3v) is 5.97. The van der Waals surface area contributed by atoms with Crippen molar-refractivity contribution in [2.75, 3.05) is 26.2 Å². The second-order valence-corrected chi connectivity index (χ2v) is 8.20. The van der Waals surface area contributed by atoms with E-state index in [9.17, 15) is 13.6 Å². The molecule has 1 saturated heterocycles. The quantitative estimate of drug-likeness (QED) is 0.780. The number of nitrogens with zero attached hydrogens (tertiary/aromatic N) is 3. The molecular weight excluding hydrogens is 390 g/mol. The normalized spacial score (nSPS) is 19.1. The molecule has 2 aliphatic rings. The van der Waals surface area contributed by atoms with Gasteiger partial charge in [-0.3, -0.25) is 14.6 Å². The first-order chi connectivity index (χ1) is 14.6. The van der Waals surface area contributed by atoms with Crippen molar-refractivity contribution >= 4 is 5.91 Å². The second kappa shape index (κ2) is 9.66. The van der Waals surface area contributed by atoms with Gasteiger partial charge in [-0.15, -0.1) is 0 Å². The van der Waals surface area contributed by atoms with Gasteiger partial charge in [-0.1, -0.05) is 31.4 Å². The molecule has 2 fully saturated rings. The fraction of sp³-hybridized carbons (Fsp3) is 0.545. The van der Waals surface area contributed by atoms with Crippen molar-refractivity contribution in [1.29, 1.82) is 0 Å². The van der Waals surface area contributed by atoms with E-state index in [1.54, 1.807) is 6.07 Å². The van der Waals surface area contributed by atoms with Crippen LogP contribution in [-0.4, -0.2) is 52.9 Å². The molecule has 0 atom stereocenters. The Morgan fingerprint density at radius 2 is 1.77 bits per heavy atom. The van der Waals surface area contributed by atoms with Gasteiger partial charge in [-0.2, -0.15) is 0 Å². The van der Waals surface area contributed by atoms with Crippen molar-refractivity contribution in [2.24, 2.45) is 0 Å². The third-order valence-electron chi connectivity index (χ3n) is 5.97. The van der Waals surface area contributed by atoms with Crippen LogP contribution in [0.3, 0.4) is 0 Å². The smallest absolute Gasteiger partial charge is 0.273 e. The number of carbonyl (C=O) groups excluding carboxylic acids is 1. The summed E-state index contributed by atoms with van der Waals surface area (Å²) in [5, 5.41) is 3.05. The lowest BCUT2D eigenvalue weighted by Gasteiger charge is -2.34. The zero-order valence-corrected chi connectivity index (χ0v) is 17.1. The van der Waals surface area contributed by atoms with E-state index in [-0.39, 0.29) is 11.9 Å². The summed E-state index contributed by atoms with van der Waals surface area (Å²) in [5.41, 5.74) is 0.709. The average Bonchev–Trinajstić information content (AvgIpc) is 3.22.